The molecular formula is C26H36N6O. The topological polar surface area (TPSA) is 66.3 Å². The van der Waals surface area contributed by atoms with Crippen LogP contribution < -0.4 is 10.2 Å². The van der Waals surface area contributed by atoms with Gasteiger partial charge in [0.05, 0.1) is 17.6 Å². The summed E-state index contributed by atoms with van der Waals surface area (Å²) in [7, 11) is 0. The summed E-state index contributed by atoms with van der Waals surface area (Å²) in [5.74, 6) is 0.0337. The maximum atomic E-state index is 12.9. The van der Waals surface area contributed by atoms with Crippen LogP contribution in [0.2, 0.25) is 0 Å². The normalized spacial score (nSPS) is 14.9. The smallest absolute Gasteiger partial charge is 0.224 e. The number of fused-ring (bicyclic) bond motifs is 1. The van der Waals surface area contributed by atoms with Crippen LogP contribution in [0, 0.1) is 13.8 Å². The Morgan fingerprint density at radius 1 is 1.12 bits per heavy atom. The van der Waals surface area contributed by atoms with E-state index in [0.717, 1.165) is 66.4 Å². The number of amides is 1. The second kappa shape index (κ2) is 9.91. The van der Waals surface area contributed by atoms with E-state index in [1.807, 2.05) is 36.0 Å². The molecule has 4 rings (SSSR count). The number of pyridine rings is 1. The first-order valence-corrected chi connectivity index (χ1v) is 12.1. The lowest BCUT2D eigenvalue weighted by molar-refractivity contribution is -0.116. The zero-order valence-corrected chi connectivity index (χ0v) is 20.6. The molecule has 1 N–H and O–H groups in total. The summed E-state index contributed by atoms with van der Waals surface area (Å²) < 4.78 is 1.96. The van der Waals surface area contributed by atoms with E-state index in [0.29, 0.717) is 12.8 Å². The number of rotatable bonds is 7. The number of nitrogens with one attached hydrogen (secondary N) is 1. The molecule has 2 aromatic heterocycles. The lowest BCUT2D eigenvalue weighted by atomic mass is 10.0. The standard InChI is InChI=1S/C26H36N6O/c1-6-30-13-15-31(16-14-30)24-10-8-7-9-23(24)29-25(33)12-11-21-19(4)22-17-27-32(18(2)3)26(22)28-20(21)5/h7-10,17-18H,6,11-16H2,1-5H3,(H,29,33). The van der Waals surface area contributed by atoms with Gasteiger partial charge in [0.25, 0.3) is 0 Å². The van der Waals surface area contributed by atoms with Crippen molar-refractivity contribution in [2.45, 2.75) is 53.5 Å². The van der Waals surface area contributed by atoms with Crippen LogP contribution in [0.25, 0.3) is 11.0 Å². The lowest BCUT2D eigenvalue weighted by Gasteiger charge is -2.36. The number of aromatic nitrogens is 3. The number of aryl methyl sites for hydroxylation is 2. The summed E-state index contributed by atoms with van der Waals surface area (Å²) in [6, 6.07) is 8.40. The summed E-state index contributed by atoms with van der Waals surface area (Å²) in [6.07, 6.45) is 2.98. The molecule has 1 amide bonds. The van der Waals surface area contributed by atoms with Gasteiger partial charge < -0.3 is 15.1 Å². The molecule has 33 heavy (non-hydrogen) atoms. The highest BCUT2D eigenvalue weighted by molar-refractivity contribution is 5.94. The fraction of sp³-hybridized carbons (Fsp3) is 0.500. The highest BCUT2D eigenvalue weighted by Crippen LogP contribution is 2.28. The van der Waals surface area contributed by atoms with Gasteiger partial charge in [-0.1, -0.05) is 19.1 Å². The quantitative estimate of drug-likeness (QED) is 0.582. The summed E-state index contributed by atoms with van der Waals surface area (Å²) in [5, 5.41) is 8.76. The number of likely N-dealkylation sites (N-methyl/N-ethyl adjacent to an activating group) is 1. The van der Waals surface area contributed by atoms with Gasteiger partial charge in [-0.3, -0.25) is 4.79 Å². The molecule has 1 aromatic carbocycles. The molecule has 0 aliphatic carbocycles. The number of piperazine rings is 1. The predicted octanol–water partition coefficient (Wildman–Crippen LogP) is 4.34. The van der Waals surface area contributed by atoms with Crippen molar-refractivity contribution in [3.05, 3.63) is 47.3 Å². The number of hydrogen-bond acceptors (Lipinski definition) is 5. The van der Waals surface area contributed by atoms with Gasteiger partial charge in [-0.15, -0.1) is 0 Å². The molecule has 7 nitrogen and oxygen atoms in total. The molecule has 0 bridgehead atoms. The fourth-order valence-corrected chi connectivity index (χ4v) is 4.75. The zero-order valence-electron chi connectivity index (χ0n) is 20.6. The van der Waals surface area contributed by atoms with Crippen molar-refractivity contribution in [2.24, 2.45) is 0 Å². The van der Waals surface area contributed by atoms with Crippen LogP contribution >= 0.6 is 0 Å². The first-order chi connectivity index (χ1) is 15.9. The molecule has 0 atom stereocenters. The second-order valence-electron chi connectivity index (χ2n) is 9.21. The first kappa shape index (κ1) is 23.2. The third-order valence-electron chi connectivity index (χ3n) is 6.77. The summed E-state index contributed by atoms with van der Waals surface area (Å²) in [4.78, 5) is 22.6. The maximum Gasteiger partial charge on any atom is 0.224 e. The van der Waals surface area contributed by atoms with Gasteiger partial charge >= 0.3 is 0 Å². The number of carbonyl (C=O) groups excluding carboxylic acids is 1. The Morgan fingerprint density at radius 3 is 2.55 bits per heavy atom. The van der Waals surface area contributed by atoms with Gasteiger partial charge in [0.15, 0.2) is 5.65 Å². The van der Waals surface area contributed by atoms with Crippen LogP contribution in [0.3, 0.4) is 0 Å². The number of para-hydroxylation sites is 2. The van der Waals surface area contributed by atoms with Gasteiger partial charge in [0, 0.05) is 49.7 Å². The van der Waals surface area contributed by atoms with Gasteiger partial charge in [0.2, 0.25) is 5.91 Å². The zero-order chi connectivity index (χ0) is 23.5. The molecule has 3 heterocycles. The van der Waals surface area contributed by atoms with Crippen molar-refractivity contribution in [1.82, 2.24) is 19.7 Å². The number of benzene rings is 1. The van der Waals surface area contributed by atoms with E-state index in [2.05, 4.69) is 54.0 Å². The molecule has 7 heteroatoms. The Morgan fingerprint density at radius 2 is 1.85 bits per heavy atom. The molecule has 1 aliphatic heterocycles. The van der Waals surface area contributed by atoms with Crippen LogP contribution in [0.5, 0.6) is 0 Å². The molecule has 3 aromatic rings. The minimum Gasteiger partial charge on any atom is -0.367 e. The van der Waals surface area contributed by atoms with Crippen LogP contribution in [0.4, 0.5) is 11.4 Å². The van der Waals surface area contributed by atoms with Crippen molar-refractivity contribution in [1.29, 1.82) is 0 Å². The molecule has 1 saturated heterocycles. The third-order valence-corrected chi connectivity index (χ3v) is 6.77. The molecule has 0 saturated carbocycles. The minimum atomic E-state index is 0.0337. The van der Waals surface area contributed by atoms with Gasteiger partial charge in [-0.05, 0) is 63.9 Å². The Labute approximate surface area is 196 Å². The van der Waals surface area contributed by atoms with E-state index in [4.69, 9.17) is 4.98 Å². The predicted molar refractivity (Wildman–Crippen MR) is 135 cm³/mol. The molecule has 1 fully saturated rings. The van der Waals surface area contributed by atoms with Gasteiger partial charge in [-0.2, -0.15) is 5.10 Å². The SMILES string of the molecule is CCN1CCN(c2ccccc2NC(=O)CCc2c(C)nc3c(cnn3C(C)C)c2C)CC1. The van der Waals surface area contributed by atoms with Crippen LogP contribution in [0.1, 0.15) is 50.1 Å². The van der Waals surface area contributed by atoms with E-state index in [1.54, 1.807) is 0 Å². The van der Waals surface area contributed by atoms with E-state index in [1.165, 1.54) is 5.56 Å². The van der Waals surface area contributed by atoms with Gasteiger partial charge in [0.1, 0.15) is 0 Å². The summed E-state index contributed by atoms with van der Waals surface area (Å²) in [5.41, 5.74) is 6.22. The van der Waals surface area contributed by atoms with Crippen molar-refractivity contribution < 1.29 is 4.79 Å². The third kappa shape index (κ3) is 4.88. The Kier molecular flexibility index (Phi) is 6.98. The van der Waals surface area contributed by atoms with Crippen LogP contribution in [-0.2, 0) is 11.2 Å². The molecule has 0 unspecified atom stereocenters. The number of anilines is 2. The van der Waals surface area contributed by atoms with E-state index >= 15 is 0 Å². The van der Waals surface area contributed by atoms with Gasteiger partial charge in [-0.25, -0.2) is 9.67 Å². The summed E-state index contributed by atoms with van der Waals surface area (Å²) in [6.45, 7) is 15.7. The average molecular weight is 449 g/mol. The molecule has 0 radical (unpaired) electrons. The van der Waals surface area contributed by atoms with Crippen LogP contribution in [0.15, 0.2) is 30.5 Å². The largest absolute Gasteiger partial charge is 0.367 e. The Hall–Kier alpha value is -2.93. The Bertz CT molecular complexity index is 1130. The highest BCUT2D eigenvalue weighted by Gasteiger charge is 2.20. The number of hydrogen-bond donors (Lipinski definition) is 1. The Balaban J connectivity index is 1.45. The van der Waals surface area contributed by atoms with Crippen LogP contribution in [-0.4, -0.2) is 58.3 Å². The monoisotopic (exact) mass is 448 g/mol. The van der Waals surface area contributed by atoms with E-state index in [-0.39, 0.29) is 11.9 Å². The van der Waals surface area contributed by atoms with Crippen molar-refractivity contribution in [2.75, 3.05) is 42.9 Å². The number of carbonyl (C=O) groups is 1. The fourth-order valence-electron chi connectivity index (χ4n) is 4.75. The average Bonchev–Trinajstić information content (AvgIpc) is 3.23. The van der Waals surface area contributed by atoms with Crippen molar-refractivity contribution >= 4 is 28.3 Å². The van der Waals surface area contributed by atoms with Crippen molar-refractivity contribution in [3.63, 3.8) is 0 Å². The van der Waals surface area contributed by atoms with Crippen molar-refractivity contribution in [3.8, 4) is 0 Å². The maximum absolute atomic E-state index is 12.9. The number of nitrogens with zero attached hydrogens (tertiary/aromatic N) is 5. The minimum absolute atomic E-state index is 0.0337. The molecule has 0 spiro atoms. The second-order valence-corrected chi connectivity index (χ2v) is 9.21. The molecular weight excluding hydrogens is 412 g/mol. The highest BCUT2D eigenvalue weighted by atomic mass is 16.1. The van der Waals surface area contributed by atoms with E-state index < -0.39 is 0 Å². The lowest BCUT2D eigenvalue weighted by Crippen LogP contribution is -2.46. The molecule has 176 valence electrons. The molecule has 1 aliphatic rings. The first-order valence-electron chi connectivity index (χ1n) is 12.1. The van der Waals surface area contributed by atoms with E-state index in [9.17, 15) is 4.79 Å². The summed E-state index contributed by atoms with van der Waals surface area (Å²) >= 11 is 0.